The molecule has 8 heteroatoms. The summed E-state index contributed by atoms with van der Waals surface area (Å²) >= 11 is 0. The SMILES string of the molecule is COc1cccn2c(=O)c(CO)c(Nc3ccc(C(=O)Nc4ccccc4)cc3)nc12. The number of hydrogen-bond donors (Lipinski definition) is 3. The monoisotopic (exact) mass is 416 g/mol. The molecule has 4 aromatic rings. The molecule has 156 valence electrons. The molecule has 0 saturated heterocycles. The first kappa shape index (κ1) is 20.1. The Morgan fingerprint density at radius 2 is 1.77 bits per heavy atom. The van der Waals surface area contributed by atoms with E-state index >= 15 is 0 Å². The third-order valence-electron chi connectivity index (χ3n) is 4.73. The van der Waals surface area contributed by atoms with E-state index in [1.54, 1.807) is 42.6 Å². The van der Waals surface area contributed by atoms with Crippen molar-refractivity contribution in [1.82, 2.24) is 9.38 Å². The molecular weight excluding hydrogens is 396 g/mol. The van der Waals surface area contributed by atoms with Crippen molar-refractivity contribution in [1.29, 1.82) is 0 Å². The summed E-state index contributed by atoms with van der Waals surface area (Å²) in [4.78, 5) is 29.7. The van der Waals surface area contributed by atoms with Crippen LogP contribution in [0.5, 0.6) is 5.75 Å². The summed E-state index contributed by atoms with van der Waals surface area (Å²) < 4.78 is 6.62. The third kappa shape index (κ3) is 4.10. The molecule has 31 heavy (non-hydrogen) atoms. The van der Waals surface area contributed by atoms with Crippen molar-refractivity contribution in [3.05, 3.63) is 94.4 Å². The maximum Gasteiger partial charge on any atom is 0.265 e. The van der Waals surface area contributed by atoms with Crippen LogP contribution in [0.4, 0.5) is 17.2 Å². The summed E-state index contributed by atoms with van der Waals surface area (Å²) in [5, 5.41) is 15.6. The number of carbonyl (C=O) groups is 1. The third-order valence-corrected chi connectivity index (χ3v) is 4.73. The molecule has 1 amide bonds. The number of ether oxygens (including phenoxy) is 1. The molecule has 0 atom stereocenters. The first-order valence-corrected chi connectivity index (χ1v) is 9.53. The van der Waals surface area contributed by atoms with Gasteiger partial charge in [0.1, 0.15) is 5.82 Å². The van der Waals surface area contributed by atoms with Gasteiger partial charge >= 0.3 is 0 Å². The molecule has 3 N–H and O–H groups in total. The van der Waals surface area contributed by atoms with Crippen LogP contribution in [-0.2, 0) is 6.61 Å². The average Bonchev–Trinajstić information content (AvgIpc) is 2.80. The summed E-state index contributed by atoms with van der Waals surface area (Å²) in [6, 6.07) is 19.3. The van der Waals surface area contributed by atoms with Gasteiger partial charge < -0.3 is 20.5 Å². The highest BCUT2D eigenvalue weighted by Crippen LogP contribution is 2.22. The van der Waals surface area contributed by atoms with Crippen LogP contribution in [0.25, 0.3) is 5.65 Å². The largest absolute Gasteiger partial charge is 0.493 e. The van der Waals surface area contributed by atoms with Crippen LogP contribution < -0.4 is 20.9 Å². The maximum absolute atomic E-state index is 12.8. The number of methoxy groups -OCH3 is 1. The second kappa shape index (κ2) is 8.68. The molecule has 0 aliphatic heterocycles. The smallest absolute Gasteiger partial charge is 0.265 e. The van der Waals surface area contributed by atoms with E-state index in [2.05, 4.69) is 15.6 Å². The fraction of sp³-hybridized carbons (Fsp3) is 0.0870. The Labute approximate surface area is 177 Å². The number of nitrogens with zero attached hydrogens (tertiary/aromatic N) is 2. The van der Waals surface area contributed by atoms with E-state index in [4.69, 9.17) is 4.74 Å². The van der Waals surface area contributed by atoms with Crippen LogP contribution in [0.15, 0.2) is 77.7 Å². The Morgan fingerprint density at radius 3 is 2.45 bits per heavy atom. The first-order valence-electron chi connectivity index (χ1n) is 9.53. The van der Waals surface area contributed by atoms with Crippen molar-refractivity contribution in [3.8, 4) is 5.75 Å². The van der Waals surface area contributed by atoms with E-state index in [0.717, 1.165) is 0 Å². The zero-order chi connectivity index (χ0) is 21.8. The van der Waals surface area contributed by atoms with Gasteiger partial charge in [-0.25, -0.2) is 4.98 Å². The van der Waals surface area contributed by atoms with Crippen molar-refractivity contribution in [2.45, 2.75) is 6.61 Å². The van der Waals surface area contributed by atoms with E-state index in [1.807, 2.05) is 30.3 Å². The molecule has 0 saturated carbocycles. The van der Waals surface area contributed by atoms with Crippen molar-refractivity contribution < 1.29 is 14.6 Å². The van der Waals surface area contributed by atoms with Crippen LogP contribution >= 0.6 is 0 Å². The number of aliphatic hydroxyl groups is 1. The Balaban J connectivity index is 1.62. The van der Waals surface area contributed by atoms with Gasteiger partial charge in [0.25, 0.3) is 11.5 Å². The standard InChI is InChI=1S/C23H20N4O4/c1-31-19-8-5-13-27-21(19)26-20(18(14-28)23(27)30)24-17-11-9-15(10-12-17)22(29)25-16-6-3-2-4-7-16/h2-13,24,28H,14H2,1H3,(H,25,29). The predicted molar refractivity (Wildman–Crippen MR) is 118 cm³/mol. The van der Waals surface area contributed by atoms with Gasteiger partial charge in [-0.15, -0.1) is 0 Å². The lowest BCUT2D eigenvalue weighted by atomic mass is 10.2. The minimum absolute atomic E-state index is 0.122. The number of hydrogen-bond acceptors (Lipinski definition) is 6. The zero-order valence-corrected chi connectivity index (χ0v) is 16.7. The maximum atomic E-state index is 12.8. The Hall–Kier alpha value is -4.17. The summed E-state index contributed by atoms with van der Waals surface area (Å²) in [5.74, 6) is 0.416. The summed E-state index contributed by atoms with van der Waals surface area (Å²) in [5.41, 5.74) is 1.84. The molecule has 2 aromatic heterocycles. The molecule has 0 radical (unpaired) electrons. The van der Waals surface area contributed by atoms with Gasteiger partial charge in [0.2, 0.25) is 0 Å². The quantitative estimate of drug-likeness (QED) is 0.446. The fourth-order valence-corrected chi connectivity index (χ4v) is 3.14. The summed E-state index contributed by atoms with van der Waals surface area (Å²) in [6.45, 7) is -0.480. The second-order valence-corrected chi connectivity index (χ2v) is 6.69. The van der Waals surface area contributed by atoms with Crippen molar-refractivity contribution in [3.63, 3.8) is 0 Å². The lowest BCUT2D eigenvalue weighted by Crippen LogP contribution is -2.22. The topological polar surface area (TPSA) is 105 Å². The van der Waals surface area contributed by atoms with Crippen LogP contribution in [0.1, 0.15) is 15.9 Å². The van der Waals surface area contributed by atoms with E-state index in [9.17, 15) is 14.7 Å². The number of benzene rings is 2. The molecule has 0 aliphatic rings. The van der Waals surface area contributed by atoms with E-state index in [-0.39, 0.29) is 17.3 Å². The van der Waals surface area contributed by atoms with Gasteiger partial charge in [-0.2, -0.15) is 0 Å². The Morgan fingerprint density at radius 1 is 1.03 bits per heavy atom. The first-order chi connectivity index (χ1) is 15.1. The van der Waals surface area contributed by atoms with Crippen LogP contribution in [0.3, 0.4) is 0 Å². The fourth-order valence-electron chi connectivity index (χ4n) is 3.14. The van der Waals surface area contributed by atoms with Crippen molar-refractivity contribution in [2.75, 3.05) is 17.7 Å². The zero-order valence-electron chi connectivity index (χ0n) is 16.7. The van der Waals surface area contributed by atoms with E-state index in [1.165, 1.54) is 11.5 Å². The number of para-hydroxylation sites is 1. The number of fused-ring (bicyclic) bond motifs is 1. The molecule has 4 rings (SSSR count). The van der Waals surface area contributed by atoms with Crippen molar-refractivity contribution in [2.24, 2.45) is 0 Å². The van der Waals surface area contributed by atoms with Crippen LogP contribution in [-0.4, -0.2) is 27.5 Å². The number of rotatable bonds is 6. The second-order valence-electron chi connectivity index (χ2n) is 6.69. The van der Waals surface area contributed by atoms with Gasteiger partial charge in [0, 0.05) is 23.1 Å². The minimum atomic E-state index is -0.480. The number of anilines is 3. The molecule has 0 unspecified atom stereocenters. The normalized spacial score (nSPS) is 10.6. The van der Waals surface area contributed by atoms with Crippen molar-refractivity contribution >= 4 is 28.7 Å². The molecule has 0 aliphatic carbocycles. The molecule has 0 spiro atoms. The number of aromatic nitrogens is 2. The Kier molecular flexibility index (Phi) is 5.63. The molecule has 2 aromatic carbocycles. The molecule has 0 bridgehead atoms. The molecule has 8 nitrogen and oxygen atoms in total. The van der Waals surface area contributed by atoms with Gasteiger partial charge in [0.05, 0.1) is 19.3 Å². The highest BCUT2D eigenvalue weighted by atomic mass is 16.5. The number of aliphatic hydroxyl groups excluding tert-OH is 1. The summed E-state index contributed by atoms with van der Waals surface area (Å²) in [6.07, 6.45) is 1.57. The Bertz CT molecular complexity index is 1280. The highest BCUT2D eigenvalue weighted by Gasteiger charge is 2.15. The number of amides is 1. The molecule has 0 fully saturated rings. The van der Waals surface area contributed by atoms with Gasteiger partial charge in [-0.3, -0.25) is 14.0 Å². The number of pyridine rings is 1. The summed E-state index contributed by atoms with van der Waals surface area (Å²) in [7, 11) is 1.49. The lowest BCUT2D eigenvalue weighted by molar-refractivity contribution is 0.102. The number of nitrogens with one attached hydrogen (secondary N) is 2. The van der Waals surface area contributed by atoms with Gasteiger partial charge in [-0.05, 0) is 48.5 Å². The number of carbonyl (C=O) groups excluding carboxylic acids is 1. The molecule has 2 heterocycles. The van der Waals surface area contributed by atoms with Gasteiger partial charge in [0.15, 0.2) is 11.4 Å². The molecular formula is C23H20N4O4. The van der Waals surface area contributed by atoms with Gasteiger partial charge in [-0.1, -0.05) is 18.2 Å². The van der Waals surface area contributed by atoms with Crippen LogP contribution in [0.2, 0.25) is 0 Å². The average molecular weight is 416 g/mol. The lowest BCUT2D eigenvalue weighted by Gasteiger charge is -2.13. The highest BCUT2D eigenvalue weighted by molar-refractivity contribution is 6.04. The van der Waals surface area contributed by atoms with E-state index in [0.29, 0.717) is 28.3 Å². The predicted octanol–water partition coefficient (Wildman–Crippen LogP) is 3.19. The van der Waals surface area contributed by atoms with Crippen LogP contribution in [0, 0.1) is 0 Å². The minimum Gasteiger partial charge on any atom is -0.493 e. The van der Waals surface area contributed by atoms with E-state index < -0.39 is 12.2 Å².